The number of benzene rings is 3. The molecule has 0 saturated carbocycles. The fourth-order valence-corrected chi connectivity index (χ4v) is 4.01. The van der Waals surface area contributed by atoms with Crippen molar-refractivity contribution < 1.29 is 22.7 Å². The van der Waals surface area contributed by atoms with Crippen LogP contribution in [-0.4, -0.2) is 12.3 Å². The number of ether oxygens (including phenoxy) is 1. The van der Waals surface area contributed by atoms with E-state index in [1.54, 1.807) is 11.0 Å². The Hall–Kier alpha value is -3.54. The SMILES string of the molecule is C[C@@H](CC1=C[C@H](c2cccc(OC(F)(F)F)c2)N(c2ccccc2)C1=O)c1ccccc1. The van der Waals surface area contributed by atoms with Gasteiger partial charge in [0.2, 0.25) is 0 Å². The van der Waals surface area contributed by atoms with Crippen molar-refractivity contribution in [3.05, 3.63) is 108 Å². The molecule has 32 heavy (non-hydrogen) atoms. The van der Waals surface area contributed by atoms with Gasteiger partial charge in [-0.1, -0.05) is 67.6 Å². The molecule has 164 valence electrons. The Bertz CT molecular complexity index is 1110. The van der Waals surface area contributed by atoms with Gasteiger partial charge in [0.25, 0.3) is 5.91 Å². The van der Waals surface area contributed by atoms with Crippen LogP contribution in [0.2, 0.25) is 0 Å². The van der Waals surface area contributed by atoms with Crippen molar-refractivity contribution in [2.24, 2.45) is 0 Å². The average molecular weight is 437 g/mol. The fourth-order valence-electron chi connectivity index (χ4n) is 4.01. The lowest BCUT2D eigenvalue weighted by Crippen LogP contribution is -2.29. The number of nitrogens with zero attached hydrogens (tertiary/aromatic N) is 1. The molecule has 3 aromatic carbocycles. The van der Waals surface area contributed by atoms with E-state index in [-0.39, 0.29) is 17.6 Å². The van der Waals surface area contributed by atoms with Crippen molar-refractivity contribution in [2.45, 2.75) is 31.7 Å². The van der Waals surface area contributed by atoms with Gasteiger partial charge in [-0.25, -0.2) is 0 Å². The minimum Gasteiger partial charge on any atom is -0.406 e. The quantitative estimate of drug-likeness (QED) is 0.425. The minimum absolute atomic E-state index is 0.114. The fraction of sp³-hybridized carbons (Fsp3) is 0.192. The molecule has 1 heterocycles. The molecule has 0 spiro atoms. The van der Waals surface area contributed by atoms with Crippen molar-refractivity contribution >= 4 is 11.6 Å². The second-order valence-electron chi connectivity index (χ2n) is 7.78. The summed E-state index contributed by atoms with van der Waals surface area (Å²) in [5, 5.41) is 0. The topological polar surface area (TPSA) is 29.5 Å². The van der Waals surface area contributed by atoms with E-state index in [1.165, 1.54) is 18.2 Å². The van der Waals surface area contributed by atoms with Crippen LogP contribution in [0.25, 0.3) is 0 Å². The number of hydrogen-bond acceptors (Lipinski definition) is 2. The van der Waals surface area contributed by atoms with Crippen LogP contribution in [0.3, 0.4) is 0 Å². The lowest BCUT2D eigenvalue weighted by Gasteiger charge is -2.26. The van der Waals surface area contributed by atoms with Crippen molar-refractivity contribution in [3.8, 4) is 5.75 Å². The zero-order chi connectivity index (χ0) is 22.7. The largest absolute Gasteiger partial charge is 0.573 e. The van der Waals surface area contributed by atoms with E-state index in [2.05, 4.69) is 11.7 Å². The van der Waals surface area contributed by atoms with Gasteiger partial charge in [0, 0.05) is 11.3 Å². The molecule has 0 bridgehead atoms. The van der Waals surface area contributed by atoms with Crippen molar-refractivity contribution in [3.63, 3.8) is 0 Å². The molecule has 6 heteroatoms. The summed E-state index contributed by atoms with van der Waals surface area (Å²) in [7, 11) is 0. The number of alkyl halides is 3. The molecule has 0 radical (unpaired) electrons. The minimum atomic E-state index is -4.78. The van der Waals surface area contributed by atoms with E-state index < -0.39 is 12.4 Å². The van der Waals surface area contributed by atoms with Gasteiger partial charge < -0.3 is 4.74 Å². The summed E-state index contributed by atoms with van der Waals surface area (Å²) in [5.74, 6) is -0.344. The number of amides is 1. The Morgan fingerprint density at radius 2 is 1.59 bits per heavy atom. The molecular formula is C26H22F3NO2. The summed E-state index contributed by atoms with van der Waals surface area (Å²) in [6.07, 6.45) is -2.40. The summed E-state index contributed by atoms with van der Waals surface area (Å²) < 4.78 is 42.3. The van der Waals surface area contributed by atoms with Crippen molar-refractivity contribution in [2.75, 3.05) is 4.90 Å². The normalized spacial score (nSPS) is 17.2. The number of anilines is 1. The summed E-state index contributed by atoms with van der Waals surface area (Å²) in [5.41, 5.74) is 2.99. The number of para-hydroxylation sites is 1. The zero-order valence-electron chi connectivity index (χ0n) is 17.4. The number of hydrogen-bond donors (Lipinski definition) is 0. The molecule has 0 saturated heterocycles. The number of rotatable bonds is 6. The van der Waals surface area contributed by atoms with Crippen LogP contribution in [0.4, 0.5) is 18.9 Å². The number of halogens is 3. The maximum atomic E-state index is 13.4. The molecule has 0 unspecified atom stereocenters. The Kier molecular flexibility index (Phi) is 6.04. The van der Waals surface area contributed by atoms with Gasteiger partial charge in [-0.2, -0.15) is 0 Å². The lowest BCUT2D eigenvalue weighted by molar-refractivity contribution is -0.274. The molecule has 2 atom stereocenters. The van der Waals surface area contributed by atoms with Crippen LogP contribution in [0.15, 0.2) is 96.6 Å². The summed E-state index contributed by atoms with van der Waals surface area (Å²) in [6.45, 7) is 2.06. The van der Waals surface area contributed by atoms with Gasteiger partial charge in [0.05, 0.1) is 6.04 Å². The third-order valence-corrected chi connectivity index (χ3v) is 5.49. The predicted molar refractivity (Wildman–Crippen MR) is 117 cm³/mol. The van der Waals surface area contributed by atoms with E-state index >= 15 is 0 Å². The van der Waals surface area contributed by atoms with E-state index in [9.17, 15) is 18.0 Å². The molecule has 1 amide bonds. The Morgan fingerprint density at radius 3 is 2.25 bits per heavy atom. The number of carbonyl (C=O) groups excluding carboxylic acids is 1. The predicted octanol–water partition coefficient (Wildman–Crippen LogP) is 6.79. The first kappa shape index (κ1) is 21.7. The first-order valence-corrected chi connectivity index (χ1v) is 10.3. The van der Waals surface area contributed by atoms with Crippen LogP contribution < -0.4 is 9.64 Å². The molecule has 0 aliphatic carbocycles. The lowest BCUT2D eigenvalue weighted by atomic mass is 9.93. The molecule has 3 nitrogen and oxygen atoms in total. The van der Waals surface area contributed by atoms with Crippen LogP contribution in [-0.2, 0) is 4.79 Å². The third-order valence-electron chi connectivity index (χ3n) is 5.49. The number of carbonyl (C=O) groups is 1. The first-order chi connectivity index (χ1) is 15.3. The van der Waals surface area contributed by atoms with E-state index in [4.69, 9.17) is 0 Å². The van der Waals surface area contributed by atoms with Gasteiger partial charge in [-0.15, -0.1) is 13.2 Å². The monoisotopic (exact) mass is 437 g/mol. The zero-order valence-corrected chi connectivity index (χ0v) is 17.4. The van der Waals surface area contributed by atoms with E-state index in [1.807, 2.05) is 66.7 Å². The van der Waals surface area contributed by atoms with Crippen LogP contribution in [0.5, 0.6) is 5.75 Å². The van der Waals surface area contributed by atoms with Crippen LogP contribution in [0, 0.1) is 0 Å². The molecule has 1 aliphatic rings. The van der Waals surface area contributed by atoms with Gasteiger partial charge in [-0.05, 0) is 53.8 Å². The second-order valence-corrected chi connectivity index (χ2v) is 7.78. The second kappa shape index (κ2) is 8.91. The van der Waals surface area contributed by atoms with Crippen molar-refractivity contribution in [1.29, 1.82) is 0 Å². The molecule has 0 fully saturated rings. The van der Waals surface area contributed by atoms with E-state index in [0.717, 1.165) is 5.56 Å². The average Bonchev–Trinajstić information content (AvgIpc) is 3.10. The van der Waals surface area contributed by atoms with Gasteiger partial charge in [0.15, 0.2) is 0 Å². The standard InChI is InChI=1S/C26H22F3NO2/c1-18(19-9-4-2-5-10-19)15-21-17-24(30(25(21)31)22-12-6-3-7-13-22)20-11-8-14-23(16-20)32-26(27,28)29/h2-14,16-18,24H,15H2,1H3/t18-,24+/m0/s1. The molecule has 0 aromatic heterocycles. The maximum absolute atomic E-state index is 13.4. The highest BCUT2D eigenvalue weighted by Gasteiger charge is 2.36. The molecular weight excluding hydrogens is 415 g/mol. The van der Waals surface area contributed by atoms with Gasteiger partial charge in [-0.3, -0.25) is 9.69 Å². The molecule has 0 N–H and O–H groups in total. The Labute approximate surface area is 184 Å². The van der Waals surface area contributed by atoms with E-state index in [0.29, 0.717) is 23.2 Å². The third kappa shape index (κ3) is 4.85. The van der Waals surface area contributed by atoms with Crippen molar-refractivity contribution in [1.82, 2.24) is 0 Å². The Morgan fingerprint density at radius 1 is 0.938 bits per heavy atom. The molecule has 3 aromatic rings. The first-order valence-electron chi connectivity index (χ1n) is 10.3. The van der Waals surface area contributed by atoms with Gasteiger partial charge >= 0.3 is 6.36 Å². The summed E-state index contributed by atoms with van der Waals surface area (Å²) in [4.78, 5) is 15.0. The highest BCUT2D eigenvalue weighted by molar-refractivity contribution is 6.09. The van der Waals surface area contributed by atoms with Gasteiger partial charge in [0.1, 0.15) is 5.75 Å². The highest BCUT2D eigenvalue weighted by atomic mass is 19.4. The molecule has 1 aliphatic heterocycles. The summed E-state index contributed by atoms with van der Waals surface area (Å²) >= 11 is 0. The van der Waals surface area contributed by atoms with Crippen LogP contribution in [0.1, 0.15) is 36.4 Å². The smallest absolute Gasteiger partial charge is 0.406 e. The maximum Gasteiger partial charge on any atom is 0.573 e. The molecule has 4 rings (SSSR count). The Balaban J connectivity index is 1.69. The summed E-state index contributed by atoms with van der Waals surface area (Å²) in [6, 6.07) is 24.3. The van der Waals surface area contributed by atoms with Crippen LogP contribution >= 0.6 is 0 Å². The highest BCUT2D eigenvalue weighted by Crippen LogP contribution is 2.39.